The van der Waals surface area contributed by atoms with Gasteiger partial charge in [-0.15, -0.1) is 11.8 Å². The molecule has 21 heavy (non-hydrogen) atoms. The van der Waals surface area contributed by atoms with Crippen molar-refractivity contribution in [3.8, 4) is 0 Å². The first-order valence-electron chi connectivity index (χ1n) is 7.38. The zero-order chi connectivity index (χ0) is 15.1. The molecule has 1 atom stereocenters. The molecular formula is C18H22ClNS. The summed E-state index contributed by atoms with van der Waals surface area (Å²) < 4.78 is 0. The van der Waals surface area contributed by atoms with Gasteiger partial charge in [0.1, 0.15) is 0 Å². The van der Waals surface area contributed by atoms with E-state index < -0.39 is 0 Å². The lowest BCUT2D eigenvalue weighted by molar-refractivity contribution is 0.575. The maximum Gasteiger partial charge on any atom is 0.0418 e. The van der Waals surface area contributed by atoms with Gasteiger partial charge in [0.25, 0.3) is 0 Å². The third-order valence-electron chi connectivity index (χ3n) is 3.42. The van der Waals surface area contributed by atoms with Gasteiger partial charge in [0.2, 0.25) is 0 Å². The molecular weight excluding hydrogens is 298 g/mol. The van der Waals surface area contributed by atoms with Crippen molar-refractivity contribution in [2.45, 2.75) is 31.2 Å². The molecule has 0 bridgehead atoms. The van der Waals surface area contributed by atoms with Crippen molar-refractivity contribution < 1.29 is 0 Å². The van der Waals surface area contributed by atoms with Gasteiger partial charge in [-0.05, 0) is 49.2 Å². The first-order valence-corrected chi connectivity index (χ1v) is 8.74. The molecule has 0 heterocycles. The van der Waals surface area contributed by atoms with Gasteiger partial charge < -0.3 is 5.32 Å². The number of aryl methyl sites for hydroxylation is 1. The minimum atomic E-state index is 0.370. The van der Waals surface area contributed by atoms with E-state index in [-0.39, 0.29) is 0 Å². The Bertz CT molecular complexity index is 571. The highest BCUT2D eigenvalue weighted by Gasteiger charge is 2.13. The molecule has 0 saturated carbocycles. The van der Waals surface area contributed by atoms with Crippen LogP contribution in [-0.2, 0) is 0 Å². The van der Waals surface area contributed by atoms with Crippen molar-refractivity contribution in [2.24, 2.45) is 0 Å². The first kappa shape index (κ1) is 16.4. The lowest BCUT2D eigenvalue weighted by Crippen LogP contribution is -2.24. The highest BCUT2D eigenvalue weighted by Crippen LogP contribution is 2.28. The van der Waals surface area contributed by atoms with E-state index in [2.05, 4.69) is 49.5 Å². The number of benzene rings is 2. The summed E-state index contributed by atoms with van der Waals surface area (Å²) >= 11 is 7.91. The number of halogens is 1. The average Bonchev–Trinajstić information content (AvgIpc) is 2.48. The molecule has 0 aliphatic carbocycles. The van der Waals surface area contributed by atoms with E-state index in [1.165, 1.54) is 16.0 Å². The average molecular weight is 320 g/mol. The monoisotopic (exact) mass is 319 g/mol. The second-order valence-electron chi connectivity index (χ2n) is 5.13. The summed E-state index contributed by atoms with van der Waals surface area (Å²) in [4.78, 5) is 1.22. The van der Waals surface area contributed by atoms with Crippen molar-refractivity contribution in [3.63, 3.8) is 0 Å². The van der Waals surface area contributed by atoms with Crippen molar-refractivity contribution in [1.82, 2.24) is 5.32 Å². The minimum absolute atomic E-state index is 0.370. The lowest BCUT2D eigenvalue weighted by atomic mass is 10.0. The number of thioether (sulfide) groups is 1. The summed E-state index contributed by atoms with van der Waals surface area (Å²) in [5.74, 6) is 1.01. The fourth-order valence-electron chi connectivity index (χ4n) is 2.29. The fraction of sp³-hybridized carbons (Fsp3) is 0.333. The molecule has 1 N–H and O–H groups in total. The second kappa shape index (κ2) is 8.47. The predicted octanol–water partition coefficient (Wildman–Crippen LogP) is 5.48. The van der Waals surface area contributed by atoms with Gasteiger partial charge in [-0.25, -0.2) is 0 Å². The zero-order valence-electron chi connectivity index (χ0n) is 12.6. The summed E-state index contributed by atoms with van der Waals surface area (Å²) in [7, 11) is 0. The van der Waals surface area contributed by atoms with Crippen LogP contribution >= 0.6 is 23.4 Å². The Morgan fingerprint density at radius 3 is 2.67 bits per heavy atom. The highest BCUT2D eigenvalue weighted by molar-refractivity contribution is 7.99. The largest absolute Gasteiger partial charge is 0.309 e. The Morgan fingerprint density at radius 1 is 1.14 bits per heavy atom. The molecule has 0 aliphatic heterocycles. The molecule has 0 amide bonds. The van der Waals surface area contributed by atoms with E-state index in [1.54, 1.807) is 0 Å². The van der Waals surface area contributed by atoms with Gasteiger partial charge in [-0.2, -0.15) is 0 Å². The number of hydrogen-bond acceptors (Lipinski definition) is 2. The van der Waals surface area contributed by atoms with E-state index in [4.69, 9.17) is 11.6 Å². The molecule has 0 fully saturated rings. The maximum absolute atomic E-state index is 6.06. The molecule has 0 radical (unpaired) electrons. The van der Waals surface area contributed by atoms with Gasteiger partial charge in [0.05, 0.1) is 0 Å². The van der Waals surface area contributed by atoms with Crippen LogP contribution in [-0.4, -0.2) is 12.3 Å². The molecule has 0 aliphatic rings. The van der Waals surface area contributed by atoms with Crippen LogP contribution in [0.4, 0.5) is 0 Å². The second-order valence-corrected chi connectivity index (χ2v) is 6.66. The van der Waals surface area contributed by atoms with Crippen LogP contribution < -0.4 is 5.32 Å². The molecule has 0 saturated heterocycles. The molecule has 3 heteroatoms. The van der Waals surface area contributed by atoms with Crippen LogP contribution in [0.3, 0.4) is 0 Å². The Morgan fingerprint density at radius 2 is 1.95 bits per heavy atom. The van der Waals surface area contributed by atoms with Crippen molar-refractivity contribution in [1.29, 1.82) is 0 Å². The van der Waals surface area contributed by atoms with Crippen molar-refractivity contribution >= 4 is 23.4 Å². The number of nitrogens with one attached hydrogen (secondary N) is 1. The molecule has 2 aromatic carbocycles. The normalized spacial score (nSPS) is 12.3. The van der Waals surface area contributed by atoms with E-state index >= 15 is 0 Å². The summed E-state index contributed by atoms with van der Waals surface area (Å²) in [6.45, 7) is 5.42. The standard InChI is InChI=1S/C18H22ClNS/c1-3-11-20-18(17-10-5-4-7-14(17)2)13-21-16-9-6-8-15(19)12-16/h4-10,12,18,20H,3,11,13H2,1-2H3. The Kier molecular flexibility index (Phi) is 6.62. The SMILES string of the molecule is CCCNC(CSc1cccc(Cl)c1)c1ccccc1C. The molecule has 2 rings (SSSR count). The Balaban J connectivity index is 2.08. The van der Waals surface area contributed by atoms with E-state index in [0.717, 1.165) is 23.7 Å². The summed E-state index contributed by atoms with van der Waals surface area (Å²) in [5, 5.41) is 4.46. The molecule has 2 aromatic rings. The van der Waals surface area contributed by atoms with Crippen molar-refractivity contribution in [2.75, 3.05) is 12.3 Å². The molecule has 0 spiro atoms. The summed E-state index contributed by atoms with van der Waals surface area (Å²) in [6.07, 6.45) is 1.14. The smallest absolute Gasteiger partial charge is 0.0418 e. The van der Waals surface area contributed by atoms with Gasteiger partial charge >= 0.3 is 0 Å². The quantitative estimate of drug-likeness (QED) is 0.678. The Labute approximate surface area is 137 Å². The highest BCUT2D eigenvalue weighted by atomic mass is 35.5. The van der Waals surface area contributed by atoms with Crippen LogP contribution in [0.2, 0.25) is 5.02 Å². The first-order chi connectivity index (χ1) is 10.2. The van der Waals surface area contributed by atoms with Gasteiger partial charge in [-0.3, -0.25) is 0 Å². The summed E-state index contributed by atoms with van der Waals surface area (Å²) in [6, 6.07) is 17.1. The maximum atomic E-state index is 6.06. The van der Waals surface area contributed by atoms with Crippen molar-refractivity contribution in [3.05, 3.63) is 64.7 Å². The van der Waals surface area contributed by atoms with E-state index in [1.807, 2.05) is 30.0 Å². The summed E-state index contributed by atoms with van der Waals surface area (Å²) in [5.41, 5.74) is 2.73. The topological polar surface area (TPSA) is 12.0 Å². The van der Waals surface area contributed by atoms with Gasteiger partial charge in [-0.1, -0.05) is 48.9 Å². The van der Waals surface area contributed by atoms with Crippen LogP contribution in [0.5, 0.6) is 0 Å². The zero-order valence-corrected chi connectivity index (χ0v) is 14.2. The number of hydrogen-bond donors (Lipinski definition) is 1. The third-order valence-corrected chi connectivity index (χ3v) is 4.74. The van der Waals surface area contributed by atoms with Crippen LogP contribution in [0.25, 0.3) is 0 Å². The Hall–Kier alpha value is -0.960. The number of rotatable bonds is 7. The van der Waals surface area contributed by atoms with Gasteiger partial charge in [0, 0.05) is 21.7 Å². The lowest BCUT2D eigenvalue weighted by Gasteiger charge is -2.20. The minimum Gasteiger partial charge on any atom is -0.309 e. The predicted molar refractivity (Wildman–Crippen MR) is 94.4 cm³/mol. The molecule has 0 aromatic heterocycles. The van der Waals surface area contributed by atoms with Crippen LogP contribution in [0.1, 0.15) is 30.5 Å². The molecule has 1 nitrogen and oxygen atoms in total. The molecule has 112 valence electrons. The molecule has 1 unspecified atom stereocenters. The fourth-order valence-corrected chi connectivity index (χ4v) is 3.59. The van der Waals surface area contributed by atoms with E-state index in [9.17, 15) is 0 Å². The van der Waals surface area contributed by atoms with E-state index in [0.29, 0.717) is 6.04 Å². The van der Waals surface area contributed by atoms with Gasteiger partial charge in [0.15, 0.2) is 0 Å². The van der Waals surface area contributed by atoms with Crippen LogP contribution in [0, 0.1) is 6.92 Å². The third kappa shape index (κ3) is 5.06. The van der Waals surface area contributed by atoms with Crippen LogP contribution in [0.15, 0.2) is 53.4 Å².